The monoisotopic (exact) mass is 308 g/mol. The number of nitrogens with zero attached hydrogens (tertiary/aromatic N) is 3. The molecule has 6 heteroatoms. The number of ether oxygens (including phenoxy) is 1. The maximum absolute atomic E-state index is 11.9. The average molecular weight is 308 g/mol. The Morgan fingerprint density at radius 2 is 2.14 bits per heavy atom. The van der Waals surface area contributed by atoms with Gasteiger partial charge in [-0.25, -0.2) is 4.68 Å². The molecule has 0 saturated heterocycles. The molecule has 22 heavy (non-hydrogen) atoms. The summed E-state index contributed by atoms with van der Waals surface area (Å²) >= 11 is 0. The molecule has 0 aliphatic heterocycles. The number of hydrogen-bond donors (Lipinski definition) is 1. The predicted octanol–water partition coefficient (Wildman–Crippen LogP) is 3.07. The maximum Gasteiger partial charge on any atom is 0.273 e. The molecule has 0 spiro atoms. The van der Waals surface area contributed by atoms with Gasteiger partial charge in [0.15, 0.2) is 11.9 Å². The minimum absolute atomic E-state index is 0.117. The molecule has 6 nitrogen and oxygen atoms in total. The predicted molar refractivity (Wildman–Crippen MR) is 84.5 cm³/mol. The second-order valence-electron chi connectivity index (χ2n) is 5.98. The number of nitrogens with one attached hydrogen (secondary N) is 1. The van der Waals surface area contributed by atoms with Crippen molar-refractivity contribution in [1.82, 2.24) is 20.3 Å². The summed E-state index contributed by atoms with van der Waals surface area (Å²) in [6.45, 7) is 4.80. The zero-order chi connectivity index (χ0) is 15.8. The highest BCUT2D eigenvalue weighted by atomic mass is 16.5. The maximum atomic E-state index is 11.9. The van der Waals surface area contributed by atoms with Crippen molar-refractivity contribution in [3.8, 4) is 0 Å². The lowest BCUT2D eigenvalue weighted by Gasteiger charge is -2.27. The first-order valence-electron chi connectivity index (χ1n) is 8.60. The molecule has 1 N–H and O–H groups in total. The highest BCUT2D eigenvalue weighted by Gasteiger charge is 2.22. The van der Waals surface area contributed by atoms with Crippen LogP contribution in [0, 0.1) is 0 Å². The SMILES string of the molecule is CCCNC(=O)c1cn(C(CCC)OC2CCCCC2)nn1. The van der Waals surface area contributed by atoms with Gasteiger partial charge in [0.25, 0.3) is 5.91 Å². The summed E-state index contributed by atoms with van der Waals surface area (Å²) < 4.78 is 7.93. The summed E-state index contributed by atoms with van der Waals surface area (Å²) in [7, 11) is 0. The standard InChI is InChI=1S/C16H28N4O2/c1-3-8-15(22-13-9-6-5-7-10-13)20-12-14(18-19-20)16(21)17-11-4-2/h12-13,15H,3-11H2,1-2H3,(H,17,21). The third-order valence-corrected chi connectivity index (χ3v) is 4.01. The molecule has 1 aliphatic carbocycles. The van der Waals surface area contributed by atoms with Crippen LogP contribution in [-0.2, 0) is 4.74 Å². The molecule has 1 saturated carbocycles. The molecule has 0 aromatic carbocycles. The Morgan fingerprint density at radius 1 is 1.36 bits per heavy atom. The number of hydrogen-bond acceptors (Lipinski definition) is 4. The minimum Gasteiger partial charge on any atom is -0.353 e. The first kappa shape index (κ1) is 16.9. The summed E-state index contributed by atoms with van der Waals surface area (Å²) in [5.41, 5.74) is 0.363. The lowest BCUT2D eigenvalue weighted by Crippen LogP contribution is -2.25. The Bertz CT molecular complexity index is 455. The molecule has 0 bridgehead atoms. The molecule has 1 unspecified atom stereocenters. The molecule has 1 atom stereocenters. The van der Waals surface area contributed by atoms with E-state index in [9.17, 15) is 4.79 Å². The Labute approximate surface area is 132 Å². The van der Waals surface area contributed by atoms with Gasteiger partial charge in [0.2, 0.25) is 0 Å². The number of amides is 1. The summed E-state index contributed by atoms with van der Waals surface area (Å²) in [4.78, 5) is 11.9. The third-order valence-electron chi connectivity index (χ3n) is 4.01. The average Bonchev–Trinajstić information content (AvgIpc) is 3.03. The smallest absolute Gasteiger partial charge is 0.273 e. The van der Waals surface area contributed by atoms with Crippen LogP contribution in [0.5, 0.6) is 0 Å². The molecule has 1 aromatic heterocycles. The van der Waals surface area contributed by atoms with E-state index in [0.29, 0.717) is 18.3 Å². The second kappa shape index (κ2) is 8.88. The number of carbonyl (C=O) groups is 1. The van der Waals surface area contributed by atoms with Crippen LogP contribution in [0.2, 0.25) is 0 Å². The van der Waals surface area contributed by atoms with Gasteiger partial charge in [-0.2, -0.15) is 0 Å². The number of rotatable bonds is 8. The van der Waals surface area contributed by atoms with Crippen molar-refractivity contribution >= 4 is 5.91 Å². The van der Waals surface area contributed by atoms with Crippen LogP contribution in [0.4, 0.5) is 0 Å². The van der Waals surface area contributed by atoms with Crippen LogP contribution >= 0.6 is 0 Å². The highest BCUT2D eigenvalue weighted by molar-refractivity contribution is 5.91. The van der Waals surface area contributed by atoms with Crippen LogP contribution in [-0.4, -0.2) is 33.5 Å². The lowest BCUT2D eigenvalue weighted by atomic mass is 9.98. The van der Waals surface area contributed by atoms with Gasteiger partial charge in [0.1, 0.15) is 0 Å². The molecular weight excluding hydrogens is 280 g/mol. The molecule has 2 rings (SSSR count). The minimum atomic E-state index is -0.166. The van der Waals surface area contributed by atoms with Gasteiger partial charge < -0.3 is 10.1 Å². The molecule has 1 heterocycles. The van der Waals surface area contributed by atoms with Crippen molar-refractivity contribution < 1.29 is 9.53 Å². The zero-order valence-corrected chi connectivity index (χ0v) is 13.8. The van der Waals surface area contributed by atoms with E-state index in [1.54, 1.807) is 10.9 Å². The fourth-order valence-electron chi connectivity index (χ4n) is 2.78. The van der Waals surface area contributed by atoms with Crippen molar-refractivity contribution in [3.05, 3.63) is 11.9 Å². The first-order valence-corrected chi connectivity index (χ1v) is 8.60. The van der Waals surface area contributed by atoms with Crippen molar-refractivity contribution in [2.24, 2.45) is 0 Å². The van der Waals surface area contributed by atoms with Crippen molar-refractivity contribution in [1.29, 1.82) is 0 Å². The fraction of sp³-hybridized carbons (Fsp3) is 0.812. The Kier molecular flexibility index (Phi) is 6.83. The van der Waals surface area contributed by atoms with E-state index in [2.05, 4.69) is 22.6 Å². The molecule has 1 aliphatic rings. The van der Waals surface area contributed by atoms with Gasteiger partial charge >= 0.3 is 0 Å². The van der Waals surface area contributed by atoms with Crippen LogP contribution in [0.15, 0.2) is 6.20 Å². The lowest BCUT2D eigenvalue weighted by molar-refractivity contribution is -0.0787. The zero-order valence-electron chi connectivity index (χ0n) is 13.8. The summed E-state index contributed by atoms with van der Waals surface area (Å²) in [5.74, 6) is -0.166. The molecule has 1 aromatic rings. The normalized spacial score (nSPS) is 17.4. The molecule has 124 valence electrons. The Morgan fingerprint density at radius 3 is 2.82 bits per heavy atom. The number of aromatic nitrogens is 3. The second-order valence-corrected chi connectivity index (χ2v) is 5.98. The van der Waals surface area contributed by atoms with Gasteiger partial charge in [0, 0.05) is 6.54 Å². The highest BCUT2D eigenvalue weighted by Crippen LogP contribution is 2.26. The van der Waals surface area contributed by atoms with E-state index in [-0.39, 0.29) is 12.1 Å². The first-order chi connectivity index (χ1) is 10.7. The summed E-state index contributed by atoms with van der Waals surface area (Å²) in [6.07, 6.45) is 10.7. The Balaban J connectivity index is 1.98. The van der Waals surface area contributed by atoms with Crippen molar-refractivity contribution in [2.75, 3.05) is 6.54 Å². The van der Waals surface area contributed by atoms with E-state index in [0.717, 1.165) is 32.1 Å². The van der Waals surface area contributed by atoms with E-state index in [4.69, 9.17) is 4.74 Å². The van der Waals surface area contributed by atoms with Crippen molar-refractivity contribution in [2.45, 2.75) is 77.5 Å². The topological polar surface area (TPSA) is 69.0 Å². The summed E-state index contributed by atoms with van der Waals surface area (Å²) in [6, 6.07) is 0. The van der Waals surface area contributed by atoms with Gasteiger partial charge in [-0.3, -0.25) is 4.79 Å². The van der Waals surface area contributed by atoms with Crippen LogP contribution in [0.25, 0.3) is 0 Å². The van der Waals surface area contributed by atoms with Gasteiger partial charge in [-0.05, 0) is 25.7 Å². The number of carbonyl (C=O) groups excluding carboxylic acids is 1. The largest absolute Gasteiger partial charge is 0.353 e. The third kappa shape index (κ3) is 4.80. The molecule has 1 fully saturated rings. The van der Waals surface area contributed by atoms with E-state index in [1.807, 2.05) is 6.92 Å². The molecule has 0 radical (unpaired) electrons. The van der Waals surface area contributed by atoms with Crippen molar-refractivity contribution in [3.63, 3.8) is 0 Å². The van der Waals surface area contributed by atoms with Crippen LogP contribution < -0.4 is 5.32 Å². The Hall–Kier alpha value is -1.43. The van der Waals surface area contributed by atoms with E-state index in [1.165, 1.54) is 19.3 Å². The van der Waals surface area contributed by atoms with Gasteiger partial charge in [-0.1, -0.05) is 44.7 Å². The molecule has 1 amide bonds. The van der Waals surface area contributed by atoms with Gasteiger partial charge in [0.05, 0.1) is 12.3 Å². The fourth-order valence-corrected chi connectivity index (χ4v) is 2.78. The summed E-state index contributed by atoms with van der Waals surface area (Å²) in [5, 5.41) is 10.9. The molecular formula is C16H28N4O2. The van der Waals surface area contributed by atoms with E-state index >= 15 is 0 Å². The van der Waals surface area contributed by atoms with Crippen LogP contribution in [0.3, 0.4) is 0 Å². The van der Waals surface area contributed by atoms with Gasteiger partial charge in [-0.15, -0.1) is 5.10 Å². The van der Waals surface area contributed by atoms with Crippen LogP contribution in [0.1, 0.15) is 81.9 Å². The quantitative estimate of drug-likeness (QED) is 0.801. The van der Waals surface area contributed by atoms with E-state index < -0.39 is 0 Å².